The summed E-state index contributed by atoms with van der Waals surface area (Å²) >= 11 is 8.62. The summed E-state index contributed by atoms with van der Waals surface area (Å²) in [4.78, 5) is 0. The average molecular weight is 167 g/mol. The Kier molecular flexibility index (Phi) is 6.98. The van der Waals surface area contributed by atoms with Crippen LogP contribution in [0, 0.1) is 0 Å². The van der Waals surface area contributed by atoms with E-state index in [1.54, 1.807) is 0 Å². The highest BCUT2D eigenvalue weighted by atomic mass is 32.2. The van der Waals surface area contributed by atoms with E-state index in [0.717, 1.165) is 16.8 Å². The molecule has 0 aromatic rings. The summed E-state index contributed by atoms with van der Waals surface area (Å²) < 4.78 is 0.729. The predicted molar refractivity (Wildman–Crippen MR) is 47.9 cm³/mol. The molecule has 0 bridgehead atoms. The molecule has 0 rings (SSSR count). The molecule has 0 aliphatic heterocycles. The lowest BCUT2D eigenvalue weighted by molar-refractivity contribution is 1.08. The fraction of sp³-hybridized carbons (Fsp3) is 1.00. The van der Waals surface area contributed by atoms with Crippen molar-refractivity contribution >= 4 is 36.2 Å². The fourth-order valence-electron chi connectivity index (χ4n) is 0.428. The van der Waals surface area contributed by atoms with E-state index in [1.165, 1.54) is 0 Å². The van der Waals surface area contributed by atoms with Crippen molar-refractivity contribution in [3.8, 4) is 0 Å². The maximum atomic E-state index is 4.83. The molecule has 3 heteroatoms. The Balaban J connectivity index is 3.07. The highest BCUT2D eigenvalue weighted by Crippen LogP contribution is 2.21. The smallest absolute Gasteiger partial charge is 0.0505 e. The summed E-state index contributed by atoms with van der Waals surface area (Å²) in [5.74, 6) is 0.895. The van der Waals surface area contributed by atoms with Gasteiger partial charge in [0.05, 0.1) is 4.58 Å². The van der Waals surface area contributed by atoms with Gasteiger partial charge in [0.2, 0.25) is 0 Å². The maximum absolute atomic E-state index is 4.83. The van der Waals surface area contributed by atoms with E-state index in [0.29, 0.717) is 0 Å². The van der Waals surface area contributed by atoms with Crippen molar-refractivity contribution in [2.75, 3.05) is 18.3 Å². The van der Waals surface area contributed by atoms with Gasteiger partial charge in [-0.05, 0) is 18.9 Å². The molecule has 0 aliphatic rings. The first-order chi connectivity index (χ1) is 3.85. The Bertz CT molecular complexity index is 42.9. The second kappa shape index (κ2) is 6.17. The van der Waals surface area contributed by atoms with Crippen molar-refractivity contribution in [2.45, 2.75) is 11.0 Å². The molecule has 0 aromatic heterocycles. The molecular formula is C5H11S3. The van der Waals surface area contributed by atoms with Crippen LogP contribution in [-0.4, -0.2) is 22.8 Å². The molecule has 0 N–H and O–H groups in total. The van der Waals surface area contributed by atoms with Crippen molar-refractivity contribution in [3.63, 3.8) is 0 Å². The monoisotopic (exact) mass is 167 g/mol. The number of hydrogen-bond donors (Lipinski definition) is 0. The SMILES string of the molecule is CSC(CC[S])SC. The van der Waals surface area contributed by atoms with Gasteiger partial charge in [0.15, 0.2) is 0 Å². The van der Waals surface area contributed by atoms with E-state index in [-0.39, 0.29) is 0 Å². The van der Waals surface area contributed by atoms with Crippen LogP contribution in [0.5, 0.6) is 0 Å². The molecule has 0 aliphatic carbocycles. The molecule has 1 radical (unpaired) electrons. The lowest BCUT2D eigenvalue weighted by atomic mass is 10.6. The van der Waals surface area contributed by atoms with Crippen molar-refractivity contribution in [1.29, 1.82) is 0 Å². The van der Waals surface area contributed by atoms with Crippen LogP contribution in [0.1, 0.15) is 6.42 Å². The standard InChI is InChI=1S/C5H11S3/c1-7-5(8-2)3-4-6/h5H,3-4H2,1-2H3. The zero-order valence-electron chi connectivity index (χ0n) is 5.22. The first-order valence-electron chi connectivity index (χ1n) is 2.48. The topological polar surface area (TPSA) is 0 Å². The van der Waals surface area contributed by atoms with Gasteiger partial charge in [0.1, 0.15) is 0 Å². The highest BCUT2D eigenvalue weighted by molar-refractivity contribution is 8.16. The summed E-state index contributed by atoms with van der Waals surface area (Å²) in [6.07, 6.45) is 5.43. The zero-order valence-corrected chi connectivity index (χ0v) is 7.67. The first kappa shape index (κ1) is 9.05. The van der Waals surface area contributed by atoms with Crippen molar-refractivity contribution in [3.05, 3.63) is 0 Å². The molecule has 49 valence electrons. The Morgan fingerprint density at radius 1 is 1.38 bits per heavy atom. The molecule has 0 heterocycles. The molecule has 0 unspecified atom stereocenters. The van der Waals surface area contributed by atoms with Gasteiger partial charge in [0.25, 0.3) is 0 Å². The van der Waals surface area contributed by atoms with E-state index < -0.39 is 0 Å². The predicted octanol–water partition coefficient (Wildman–Crippen LogP) is 2.63. The van der Waals surface area contributed by atoms with Crippen molar-refractivity contribution in [1.82, 2.24) is 0 Å². The highest BCUT2D eigenvalue weighted by Gasteiger charge is 2.00. The van der Waals surface area contributed by atoms with Gasteiger partial charge in [0, 0.05) is 5.75 Å². The second-order valence-corrected chi connectivity index (χ2v) is 4.18. The summed E-state index contributed by atoms with van der Waals surface area (Å²) in [6.45, 7) is 0. The Hall–Kier alpha value is 1.05. The van der Waals surface area contributed by atoms with Crippen LogP contribution in [0.3, 0.4) is 0 Å². The first-order valence-corrected chi connectivity index (χ1v) is 5.64. The maximum Gasteiger partial charge on any atom is 0.0505 e. The Morgan fingerprint density at radius 2 is 1.88 bits per heavy atom. The third-order valence-corrected chi connectivity index (χ3v) is 3.79. The molecule has 0 saturated heterocycles. The lowest BCUT2D eigenvalue weighted by Gasteiger charge is -2.06. The van der Waals surface area contributed by atoms with Gasteiger partial charge in [-0.3, -0.25) is 0 Å². The van der Waals surface area contributed by atoms with Gasteiger partial charge < -0.3 is 0 Å². The summed E-state index contributed by atoms with van der Waals surface area (Å²) in [5, 5.41) is 0. The third kappa shape index (κ3) is 3.98. The van der Waals surface area contributed by atoms with E-state index in [4.69, 9.17) is 12.6 Å². The number of hydrogen-bond acceptors (Lipinski definition) is 2. The molecule has 0 aromatic carbocycles. The average Bonchev–Trinajstić information content (AvgIpc) is 1.83. The van der Waals surface area contributed by atoms with Crippen LogP contribution in [0.2, 0.25) is 0 Å². The van der Waals surface area contributed by atoms with E-state index in [1.807, 2.05) is 23.5 Å². The van der Waals surface area contributed by atoms with Gasteiger partial charge in [-0.2, -0.15) is 23.5 Å². The minimum Gasteiger partial charge on any atom is -0.151 e. The third-order valence-electron chi connectivity index (χ3n) is 0.879. The lowest BCUT2D eigenvalue weighted by Crippen LogP contribution is -1.94. The molecule has 0 amide bonds. The Labute approximate surface area is 65.6 Å². The van der Waals surface area contributed by atoms with E-state index in [9.17, 15) is 0 Å². The van der Waals surface area contributed by atoms with E-state index >= 15 is 0 Å². The van der Waals surface area contributed by atoms with Gasteiger partial charge in [-0.15, -0.1) is 0 Å². The minimum absolute atomic E-state index is 0.729. The normalized spacial score (nSPS) is 10.5. The summed E-state index contributed by atoms with van der Waals surface area (Å²) in [7, 11) is 0. The van der Waals surface area contributed by atoms with Crippen LogP contribution in [-0.2, 0) is 0 Å². The molecule has 0 fully saturated rings. The summed E-state index contributed by atoms with van der Waals surface area (Å²) in [5.41, 5.74) is 0. The molecule has 0 spiro atoms. The number of thioether (sulfide) groups is 2. The zero-order chi connectivity index (χ0) is 6.41. The number of rotatable bonds is 4. The fourth-order valence-corrected chi connectivity index (χ4v) is 2.44. The van der Waals surface area contributed by atoms with E-state index in [2.05, 4.69) is 12.5 Å². The van der Waals surface area contributed by atoms with Crippen LogP contribution in [0.15, 0.2) is 0 Å². The molecule has 0 atom stereocenters. The van der Waals surface area contributed by atoms with Crippen molar-refractivity contribution < 1.29 is 0 Å². The summed E-state index contributed by atoms with van der Waals surface area (Å²) in [6, 6.07) is 0. The molecule has 0 nitrogen and oxygen atoms in total. The minimum atomic E-state index is 0.729. The van der Waals surface area contributed by atoms with Gasteiger partial charge in [-0.1, -0.05) is 12.6 Å². The van der Waals surface area contributed by atoms with Crippen LogP contribution in [0.4, 0.5) is 0 Å². The van der Waals surface area contributed by atoms with Gasteiger partial charge in [-0.25, -0.2) is 0 Å². The molecular weight excluding hydrogens is 156 g/mol. The largest absolute Gasteiger partial charge is 0.151 e. The van der Waals surface area contributed by atoms with Crippen molar-refractivity contribution in [2.24, 2.45) is 0 Å². The molecule has 0 saturated carbocycles. The van der Waals surface area contributed by atoms with Gasteiger partial charge >= 0.3 is 0 Å². The molecule has 8 heavy (non-hydrogen) atoms. The van der Waals surface area contributed by atoms with Crippen LogP contribution in [0.25, 0.3) is 0 Å². The Morgan fingerprint density at radius 3 is 2.00 bits per heavy atom. The van der Waals surface area contributed by atoms with Crippen LogP contribution < -0.4 is 0 Å². The quantitative estimate of drug-likeness (QED) is 0.590. The van der Waals surface area contributed by atoms with Crippen LogP contribution >= 0.6 is 36.2 Å². The second-order valence-electron chi connectivity index (χ2n) is 1.39.